The molecule has 40 heavy (non-hydrogen) atoms. The first-order chi connectivity index (χ1) is 18.8. The third-order valence-electron chi connectivity index (χ3n) is 7.07. The molecular formula is C32H34F3NO4. The van der Waals surface area contributed by atoms with E-state index in [1.54, 1.807) is 18.2 Å². The second kappa shape index (κ2) is 11.7. The molecule has 1 amide bonds. The molecule has 1 aliphatic heterocycles. The van der Waals surface area contributed by atoms with Gasteiger partial charge in [-0.2, -0.15) is 13.2 Å². The van der Waals surface area contributed by atoms with Gasteiger partial charge in [0, 0.05) is 18.5 Å². The number of hydrogen-bond acceptors (Lipinski definition) is 3. The summed E-state index contributed by atoms with van der Waals surface area (Å²) in [6.07, 6.45) is -1.37. The molecule has 212 valence electrons. The van der Waals surface area contributed by atoms with E-state index in [2.05, 4.69) is 45.0 Å². The number of ether oxygens (including phenoxy) is 1. The molecule has 0 aliphatic carbocycles. The average Bonchev–Trinajstić information content (AvgIpc) is 2.88. The molecule has 3 aromatic rings. The van der Waals surface area contributed by atoms with E-state index in [4.69, 9.17) is 4.74 Å². The summed E-state index contributed by atoms with van der Waals surface area (Å²) < 4.78 is 45.8. The van der Waals surface area contributed by atoms with Crippen molar-refractivity contribution in [1.82, 2.24) is 4.90 Å². The van der Waals surface area contributed by atoms with Gasteiger partial charge in [0.1, 0.15) is 17.9 Å². The zero-order valence-electron chi connectivity index (χ0n) is 22.9. The van der Waals surface area contributed by atoms with E-state index >= 15 is 0 Å². The molecule has 1 atom stereocenters. The Hall–Kier alpha value is -3.81. The van der Waals surface area contributed by atoms with Crippen LogP contribution >= 0.6 is 0 Å². The molecule has 0 bridgehead atoms. The van der Waals surface area contributed by atoms with Crippen molar-refractivity contribution in [2.45, 2.75) is 64.8 Å². The standard InChI is InChI=1S/C32H34F3NO4/c1-21(2)15-22-7-9-23(10-8-22)18-31(3)14-13-25-17-26(11-12-28(25)40-31)30(39)36(20-29(37)38)19-24-5-4-6-27(16-24)32(33,34)35/h4-12,16-17,21H,13-15,18-20H2,1-3H3,(H,37,38)/t31-/m1/s1. The number of carbonyl (C=O) groups is 2. The van der Waals surface area contributed by atoms with Crippen LogP contribution in [0.4, 0.5) is 13.2 Å². The van der Waals surface area contributed by atoms with Crippen LogP contribution < -0.4 is 4.74 Å². The number of carboxylic acids is 1. The molecule has 4 rings (SSSR count). The van der Waals surface area contributed by atoms with Crippen molar-refractivity contribution in [3.63, 3.8) is 0 Å². The number of carbonyl (C=O) groups excluding carboxylic acids is 1. The van der Waals surface area contributed by atoms with E-state index in [0.717, 1.165) is 41.9 Å². The van der Waals surface area contributed by atoms with Gasteiger partial charge in [-0.25, -0.2) is 0 Å². The second-order valence-electron chi connectivity index (χ2n) is 11.2. The summed E-state index contributed by atoms with van der Waals surface area (Å²) in [4.78, 5) is 25.8. The van der Waals surface area contributed by atoms with Crippen molar-refractivity contribution in [2.75, 3.05) is 6.54 Å². The monoisotopic (exact) mass is 553 g/mol. The molecule has 8 heteroatoms. The van der Waals surface area contributed by atoms with Gasteiger partial charge in [-0.05, 0) is 84.7 Å². The van der Waals surface area contributed by atoms with E-state index in [-0.39, 0.29) is 17.7 Å². The maximum atomic E-state index is 13.3. The summed E-state index contributed by atoms with van der Waals surface area (Å²) in [7, 11) is 0. The van der Waals surface area contributed by atoms with Gasteiger partial charge in [-0.1, -0.05) is 50.2 Å². The quantitative estimate of drug-likeness (QED) is 0.311. The van der Waals surface area contributed by atoms with E-state index in [1.165, 1.54) is 23.3 Å². The number of rotatable bonds is 9. The zero-order valence-corrected chi connectivity index (χ0v) is 22.9. The van der Waals surface area contributed by atoms with Crippen molar-refractivity contribution in [3.8, 4) is 5.75 Å². The van der Waals surface area contributed by atoms with E-state index in [0.29, 0.717) is 18.1 Å². The van der Waals surface area contributed by atoms with E-state index in [9.17, 15) is 27.9 Å². The van der Waals surface area contributed by atoms with Gasteiger partial charge >= 0.3 is 12.1 Å². The maximum Gasteiger partial charge on any atom is 0.416 e. The predicted molar refractivity (Wildman–Crippen MR) is 146 cm³/mol. The van der Waals surface area contributed by atoms with Crippen molar-refractivity contribution < 1.29 is 32.6 Å². The number of benzene rings is 3. The molecule has 0 fully saturated rings. The van der Waals surface area contributed by atoms with Crippen molar-refractivity contribution in [3.05, 3.63) is 100 Å². The number of halogens is 3. The highest BCUT2D eigenvalue weighted by Gasteiger charge is 2.33. The Morgan fingerprint density at radius 1 is 1.00 bits per heavy atom. The molecule has 0 saturated carbocycles. The number of amides is 1. The first-order valence-electron chi connectivity index (χ1n) is 13.4. The fourth-order valence-corrected chi connectivity index (χ4v) is 5.16. The Morgan fingerprint density at radius 3 is 2.35 bits per heavy atom. The number of carboxylic acid groups (broad SMARTS) is 1. The fourth-order valence-electron chi connectivity index (χ4n) is 5.16. The Bertz CT molecular complexity index is 1370. The highest BCUT2D eigenvalue weighted by Crippen LogP contribution is 2.36. The third-order valence-corrected chi connectivity index (χ3v) is 7.07. The summed E-state index contributed by atoms with van der Waals surface area (Å²) in [6.45, 7) is 5.55. The summed E-state index contributed by atoms with van der Waals surface area (Å²) in [5.74, 6) is -0.563. The molecule has 0 spiro atoms. The Balaban J connectivity index is 1.48. The molecule has 0 saturated heterocycles. The summed E-state index contributed by atoms with van der Waals surface area (Å²) in [5.41, 5.74) is 2.51. The van der Waals surface area contributed by atoms with Crippen molar-refractivity contribution >= 4 is 11.9 Å². The van der Waals surface area contributed by atoms with Crippen molar-refractivity contribution in [1.29, 1.82) is 0 Å². The molecule has 0 unspecified atom stereocenters. The lowest BCUT2D eigenvalue weighted by atomic mass is 9.86. The van der Waals surface area contributed by atoms with E-state index in [1.807, 2.05) is 0 Å². The summed E-state index contributed by atoms with van der Waals surface area (Å²) >= 11 is 0. The minimum Gasteiger partial charge on any atom is -0.487 e. The predicted octanol–water partition coefficient (Wildman–Crippen LogP) is 6.96. The highest BCUT2D eigenvalue weighted by atomic mass is 19.4. The second-order valence-corrected chi connectivity index (χ2v) is 11.2. The van der Waals surface area contributed by atoms with Gasteiger partial charge in [0.25, 0.3) is 5.91 Å². The molecule has 5 nitrogen and oxygen atoms in total. The number of nitrogens with zero attached hydrogens (tertiary/aromatic N) is 1. The Labute approximate surface area is 232 Å². The van der Waals surface area contributed by atoms with Crippen LogP contribution in [0.3, 0.4) is 0 Å². The summed E-state index contributed by atoms with van der Waals surface area (Å²) in [6, 6.07) is 18.2. The molecule has 3 aromatic carbocycles. The Morgan fingerprint density at radius 2 is 1.70 bits per heavy atom. The molecular weight excluding hydrogens is 519 g/mol. The summed E-state index contributed by atoms with van der Waals surface area (Å²) in [5, 5.41) is 9.37. The van der Waals surface area contributed by atoms with Gasteiger partial charge in [0.2, 0.25) is 0 Å². The van der Waals surface area contributed by atoms with Crippen LogP contribution in [0.5, 0.6) is 5.75 Å². The fraction of sp³-hybridized carbons (Fsp3) is 0.375. The molecule has 1 heterocycles. The van der Waals surface area contributed by atoms with Gasteiger partial charge in [-0.15, -0.1) is 0 Å². The molecule has 1 N–H and O–H groups in total. The van der Waals surface area contributed by atoms with Crippen LogP contribution in [-0.4, -0.2) is 34.0 Å². The largest absolute Gasteiger partial charge is 0.487 e. The number of alkyl halides is 3. The van der Waals surface area contributed by atoms with Crippen LogP contribution in [0, 0.1) is 5.92 Å². The minimum atomic E-state index is -4.54. The van der Waals surface area contributed by atoms with Crippen LogP contribution in [-0.2, 0) is 36.8 Å². The van der Waals surface area contributed by atoms with Gasteiger partial charge in [0.15, 0.2) is 0 Å². The smallest absolute Gasteiger partial charge is 0.416 e. The van der Waals surface area contributed by atoms with Crippen LogP contribution in [0.2, 0.25) is 0 Å². The highest BCUT2D eigenvalue weighted by molar-refractivity contribution is 5.96. The molecule has 0 radical (unpaired) electrons. The number of aliphatic carboxylic acids is 1. The number of aryl methyl sites for hydroxylation is 1. The number of fused-ring (bicyclic) bond motifs is 1. The van der Waals surface area contributed by atoms with Gasteiger partial charge < -0.3 is 14.7 Å². The third kappa shape index (κ3) is 7.43. The van der Waals surface area contributed by atoms with Crippen LogP contribution in [0.1, 0.15) is 65.4 Å². The number of hydrogen-bond donors (Lipinski definition) is 1. The zero-order chi connectivity index (χ0) is 29.1. The molecule has 1 aliphatic rings. The SMILES string of the molecule is CC(C)Cc1ccc(C[C@@]2(C)CCc3cc(C(=O)N(CC(=O)O)Cc4cccc(C(F)(F)F)c4)ccc3O2)cc1. The lowest BCUT2D eigenvalue weighted by Crippen LogP contribution is -2.39. The minimum absolute atomic E-state index is 0.193. The normalized spacial score (nSPS) is 16.8. The average molecular weight is 554 g/mol. The molecule has 0 aromatic heterocycles. The van der Waals surface area contributed by atoms with Gasteiger partial charge in [-0.3, -0.25) is 9.59 Å². The maximum absolute atomic E-state index is 13.3. The first kappa shape index (κ1) is 29.2. The Kier molecular flexibility index (Phi) is 8.57. The topological polar surface area (TPSA) is 66.8 Å². The van der Waals surface area contributed by atoms with Crippen LogP contribution in [0.15, 0.2) is 66.7 Å². The van der Waals surface area contributed by atoms with E-state index < -0.39 is 35.8 Å². The van der Waals surface area contributed by atoms with Gasteiger partial charge in [0.05, 0.1) is 5.56 Å². The van der Waals surface area contributed by atoms with Crippen molar-refractivity contribution in [2.24, 2.45) is 5.92 Å². The lowest BCUT2D eigenvalue weighted by Gasteiger charge is -2.36. The first-order valence-corrected chi connectivity index (χ1v) is 13.4. The van der Waals surface area contributed by atoms with Crippen LogP contribution in [0.25, 0.3) is 0 Å². The lowest BCUT2D eigenvalue weighted by molar-refractivity contribution is -0.139.